The summed E-state index contributed by atoms with van der Waals surface area (Å²) >= 11 is 0. The quantitative estimate of drug-likeness (QED) is 0.765. The standard InChI is InChI=1S/C13H14N2O4/c1-15(12(17)13(18)19)5-4-8-2-3-10-9(6-8)7-11(16)14-10/h2-3,6H,4-5,7H2,1H3,(H,14,16)(H,18,19). The Kier molecular flexibility index (Phi) is 3.50. The van der Waals surface area contributed by atoms with Crippen LogP contribution in [0.2, 0.25) is 0 Å². The van der Waals surface area contributed by atoms with E-state index in [1.165, 1.54) is 11.9 Å². The molecule has 0 saturated carbocycles. The van der Waals surface area contributed by atoms with Gasteiger partial charge in [-0.25, -0.2) is 4.79 Å². The van der Waals surface area contributed by atoms with Gasteiger partial charge in [-0.3, -0.25) is 9.59 Å². The van der Waals surface area contributed by atoms with Crippen molar-refractivity contribution in [3.05, 3.63) is 29.3 Å². The van der Waals surface area contributed by atoms with Gasteiger partial charge in [0, 0.05) is 19.3 Å². The summed E-state index contributed by atoms with van der Waals surface area (Å²) in [5.74, 6) is -2.39. The van der Waals surface area contributed by atoms with Gasteiger partial charge in [0.1, 0.15) is 0 Å². The molecule has 2 N–H and O–H groups in total. The maximum atomic E-state index is 11.2. The van der Waals surface area contributed by atoms with E-state index in [0.29, 0.717) is 19.4 Å². The molecule has 0 fully saturated rings. The minimum Gasteiger partial charge on any atom is -0.474 e. The second kappa shape index (κ2) is 5.09. The van der Waals surface area contributed by atoms with Gasteiger partial charge >= 0.3 is 11.9 Å². The highest BCUT2D eigenvalue weighted by atomic mass is 16.4. The Hall–Kier alpha value is -2.37. The normalized spacial score (nSPS) is 12.8. The van der Waals surface area contributed by atoms with E-state index in [9.17, 15) is 14.4 Å². The van der Waals surface area contributed by atoms with Crippen LogP contribution in [0.5, 0.6) is 0 Å². The van der Waals surface area contributed by atoms with Crippen LogP contribution >= 0.6 is 0 Å². The summed E-state index contributed by atoms with van der Waals surface area (Å²) in [7, 11) is 1.45. The van der Waals surface area contributed by atoms with Crippen LogP contribution in [-0.2, 0) is 27.2 Å². The predicted molar refractivity (Wildman–Crippen MR) is 67.8 cm³/mol. The Balaban J connectivity index is 1.98. The summed E-state index contributed by atoms with van der Waals surface area (Å²) in [5.41, 5.74) is 2.73. The van der Waals surface area contributed by atoms with E-state index in [0.717, 1.165) is 16.8 Å². The lowest BCUT2D eigenvalue weighted by molar-refractivity contribution is -0.155. The average Bonchev–Trinajstić information content (AvgIpc) is 2.74. The molecule has 0 radical (unpaired) electrons. The monoisotopic (exact) mass is 262 g/mol. The van der Waals surface area contributed by atoms with Crippen molar-refractivity contribution in [2.24, 2.45) is 0 Å². The molecule has 1 heterocycles. The molecular formula is C13H14N2O4. The lowest BCUT2D eigenvalue weighted by Crippen LogP contribution is -2.34. The molecule has 2 amide bonds. The number of amides is 2. The molecule has 19 heavy (non-hydrogen) atoms. The zero-order valence-electron chi connectivity index (χ0n) is 10.5. The van der Waals surface area contributed by atoms with Crippen molar-refractivity contribution in [1.29, 1.82) is 0 Å². The summed E-state index contributed by atoms with van der Waals surface area (Å²) < 4.78 is 0. The number of nitrogens with zero attached hydrogens (tertiary/aromatic N) is 1. The number of nitrogens with one attached hydrogen (secondary N) is 1. The van der Waals surface area contributed by atoms with Gasteiger partial charge < -0.3 is 15.3 Å². The Morgan fingerprint density at radius 2 is 2.16 bits per heavy atom. The second-order valence-electron chi connectivity index (χ2n) is 4.50. The molecule has 0 atom stereocenters. The first-order valence-corrected chi connectivity index (χ1v) is 5.87. The minimum absolute atomic E-state index is 0.0228. The highest BCUT2D eigenvalue weighted by Gasteiger charge is 2.19. The molecule has 0 aromatic heterocycles. The van der Waals surface area contributed by atoms with Gasteiger partial charge in [-0.2, -0.15) is 0 Å². The Morgan fingerprint density at radius 1 is 1.42 bits per heavy atom. The van der Waals surface area contributed by atoms with E-state index >= 15 is 0 Å². The van der Waals surface area contributed by atoms with E-state index in [1.807, 2.05) is 18.2 Å². The van der Waals surface area contributed by atoms with E-state index in [2.05, 4.69) is 5.32 Å². The van der Waals surface area contributed by atoms with Crippen LogP contribution in [0.15, 0.2) is 18.2 Å². The number of hydrogen-bond acceptors (Lipinski definition) is 3. The van der Waals surface area contributed by atoms with Crippen molar-refractivity contribution in [1.82, 2.24) is 4.90 Å². The van der Waals surface area contributed by atoms with Crippen molar-refractivity contribution >= 4 is 23.5 Å². The molecule has 0 spiro atoms. The number of fused-ring (bicyclic) bond motifs is 1. The van der Waals surface area contributed by atoms with Crippen molar-refractivity contribution in [2.45, 2.75) is 12.8 Å². The fourth-order valence-electron chi connectivity index (χ4n) is 2.00. The first kappa shape index (κ1) is 13.1. The van der Waals surface area contributed by atoms with Gasteiger partial charge in [-0.1, -0.05) is 12.1 Å². The minimum atomic E-state index is -1.45. The van der Waals surface area contributed by atoms with E-state index < -0.39 is 11.9 Å². The van der Waals surface area contributed by atoms with Crippen LogP contribution in [0.4, 0.5) is 5.69 Å². The molecule has 1 aromatic rings. The third-order valence-corrected chi connectivity index (χ3v) is 3.06. The van der Waals surface area contributed by atoms with Crippen LogP contribution in [0, 0.1) is 0 Å². The zero-order chi connectivity index (χ0) is 14.0. The molecular weight excluding hydrogens is 248 g/mol. The topological polar surface area (TPSA) is 86.7 Å². The smallest absolute Gasteiger partial charge is 0.394 e. The van der Waals surface area contributed by atoms with Crippen molar-refractivity contribution in [3.8, 4) is 0 Å². The first-order valence-electron chi connectivity index (χ1n) is 5.87. The van der Waals surface area contributed by atoms with E-state index in [-0.39, 0.29) is 5.91 Å². The van der Waals surface area contributed by atoms with Crippen LogP contribution in [-0.4, -0.2) is 41.4 Å². The maximum Gasteiger partial charge on any atom is 0.394 e. The molecule has 1 aliphatic heterocycles. The number of aliphatic carboxylic acids is 1. The third-order valence-electron chi connectivity index (χ3n) is 3.06. The first-order chi connectivity index (χ1) is 8.97. The Morgan fingerprint density at radius 3 is 2.84 bits per heavy atom. The lowest BCUT2D eigenvalue weighted by Gasteiger charge is -2.14. The SMILES string of the molecule is CN(CCc1ccc2c(c1)CC(=O)N2)C(=O)C(=O)O. The molecule has 1 aromatic carbocycles. The van der Waals surface area contributed by atoms with Crippen molar-refractivity contribution in [2.75, 3.05) is 18.9 Å². The van der Waals surface area contributed by atoms with Crippen LogP contribution in [0.3, 0.4) is 0 Å². The molecule has 6 nitrogen and oxygen atoms in total. The number of carboxylic acid groups (broad SMARTS) is 1. The van der Waals surface area contributed by atoms with E-state index in [1.54, 1.807) is 0 Å². The average molecular weight is 262 g/mol. The number of anilines is 1. The van der Waals surface area contributed by atoms with Crippen LogP contribution < -0.4 is 5.32 Å². The molecule has 0 unspecified atom stereocenters. The van der Waals surface area contributed by atoms with Crippen molar-refractivity contribution < 1.29 is 19.5 Å². The second-order valence-corrected chi connectivity index (χ2v) is 4.50. The molecule has 0 aliphatic carbocycles. The van der Waals surface area contributed by atoms with Crippen molar-refractivity contribution in [3.63, 3.8) is 0 Å². The number of likely N-dealkylation sites (N-methyl/N-ethyl adjacent to an activating group) is 1. The largest absolute Gasteiger partial charge is 0.474 e. The van der Waals surface area contributed by atoms with Gasteiger partial charge in [-0.05, 0) is 23.6 Å². The number of carboxylic acids is 1. The fourth-order valence-corrected chi connectivity index (χ4v) is 2.00. The van der Waals surface area contributed by atoms with E-state index in [4.69, 9.17) is 5.11 Å². The van der Waals surface area contributed by atoms with Gasteiger partial charge in [0.05, 0.1) is 6.42 Å². The number of benzene rings is 1. The maximum absolute atomic E-state index is 11.2. The molecule has 100 valence electrons. The number of carbonyl (C=O) groups excluding carboxylic acids is 2. The van der Waals surface area contributed by atoms with Gasteiger partial charge in [0.15, 0.2) is 0 Å². The Bertz CT molecular complexity index is 554. The summed E-state index contributed by atoms with van der Waals surface area (Å²) in [6, 6.07) is 5.60. The number of hydrogen-bond donors (Lipinski definition) is 2. The molecule has 1 aliphatic rings. The third kappa shape index (κ3) is 2.90. The van der Waals surface area contributed by atoms with Gasteiger partial charge in [0.2, 0.25) is 5.91 Å². The van der Waals surface area contributed by atoms with Gasteiger partial charge in [0.25, 0.3) is 0 Å². The number of carbonyl (C=O) groups is 3. The molecule has 6 heteroatoms. The zero-order valence-corrected chi connectivity index (χ0v) is 10.5. The number of rotatable bonds is 3. The summed E-state index contributed by atoms with van der Waals surface area (Å²) in [6.07, 6.45) is 0.921. The van der Waals surface area contributed by atoms with Crippen LogP contribution in [0.25, 0.3) is 0 Å². The van der Waals surface area contributed by atoms with Crippen LogP contribution in [0.1, 0.15) is 11.1 Å². The highest BCUT2D eigenvalue weighted by molar-refractivity contribution is 6.31. The summed E-state index contributed by atoms with van der Waals surface area (Å²) in [5, 5.41) is 11.3. The summed E-state index contributed by atoms with van der Waals surface area (Å²) in [6.45, 7) is 0.325. The fraction of sp³-hybridized carbons (Fsp3) is 0.308. The predicted octanol–water partition coefficient (Wildman–Crippen LogP) is 0.267. The Labute approximate surface area is 110 Å². The molecule has 0 saturated heterocycles. The highest BCUT2D eigenvalue weighted by Crippen LogP contribution is 2.23. The summed E-state index contributed by atoms with van der Waals surface area (Å²) in [4.78, 5) is 34.0. The lowest BCUT2D eigenvalue weighted by atomic mass is 10.1. The molecule has 2 rings (SSSR count). The van der Waals surface area contributed by atoms with Gasteiger partial charge in [-0.15, -0.1) is 0 Å². The molecule has 0 bridgehead atoms.